The summed E-state index contributed by atoms with van der Waals surface area (Å²) in [5, 5.41) is 12.5. The lowest BCUT2D eigenvalue weighted by Crippen LogP contribution is -2.17. The van der Waals surface area contributed by atoms with Crippen molar-refractivity contribution in [3.8, 4) is 22.3 Å². The molecule has 0 aliphatic carbocycles. The Balaban J connectivity index is 0.981. The number of para-hydroxylation sites is 9. The van der Waals surface area contributed by atoms with E-state index in [9.17, 15) is 0 Å². The predicted octanol–water partition coefficient (Wildman–Crippen LogP) is 16.1. The van der Waals surface area contributed by atoms with Gasteiger partial charge in [0.2, 0.25) is 0 Å². The van der Waals surface area contributed by atoms with E-state index < -0.39 is 0 Å². The summed E-state index contributed by atoms with van der Waals surface area (Å²) in [4.78, 5) is 4.72. The summed E-state index contributed by atoms with van der Waals surface area (Å²) in [5.41, 5.74) is 18.5. The highest BCUT2D eigenvalue weighted by Gasteiger charge is 2.26. The number of nitrogens with one attached hydrogen (secondary N) is 2. The van der Waals surface area contributed by atoms with Crippen molar-refractivity contribution >= 4 is 110 Å². The third kappa shape index (κ3) is 5.06. The van der Waals surface area contributed by atoms with Gasteiger partial charge in [-0.1, -0.05) is 109 Å². The smallest absolute Gasteiger partial charge is 0.0697 e. The van der Waals surface area contributed by atoms with Crippen molar-refractivity contribution in [3.63, 3.8) is 0 Å². The normalized spacial score (nSPS) is 12.9. The van der Waals surface area contributed by atoms with Gasteiger partial charge < -0.3 is 25.0 Å². The zero-order chi connectivity index (χ0) is 40.2. The molecule has 5 nitrogen and oxygen atoms in total. The Hall–Kier alpha value is -7.80. The fraction of sp³-hybridized carbons (Fsp3) is 0.0182. The van der Waals surface area contributed by atoms with Crippen LogP contribution in [0.25, 0.3) is 64.2 Å². The molecule has 0 bridgehead atoms. The average Bonchev–Trinajstić information content (AvgIpc) is 3.84. The van der Waals surface area contributed by atoms with E-state index in [0.29, 0.717) is 0 Å². The van der Waals surface area contributed by atoms with E-state index in [2.05, 4.69) is 226 Å². The average molecular weight is 800 g/mol. The number of nitrogens with zero attached hydrogens (tertiary/aromatic N) is 3. The first-order valence-corrected chi connectivity index (χ1v) is 21.6. The van der Waals surface area contributed by atoms with E-state index in [1.54, 1.807) is 0 Å². The maximum atomic E-state index is 3.64. The lowest BCUT2D eigenvalue weighted by Gasteiger charge is -2.34. The molecular formula is C55H37N5S. The molecule has 11 aromatic rings. The molecule has 0 unspecified atom stereocenters. The van der Waals surface area contributed by atoms with E-state index >= 15 is 0 Å². The minimum atomic E-state index is 1.10. The van der Waals surface area contributed by atoms with Crippen molar-refractivity contribution in [1.29, 1.82) is 0 Å². The lowest BCUT2D eigenvalue weighted by molar-refractivity contribution is 1.02. The Morgan fingerprint density at radius 2 is 0.852 bits per heavy atom. The first-order valence-electron chi connectivity index (χ1n) is 20.7. The Labute approximate surface area is 357 Å². The number of hydrogen-bond acceptors (Lipinski definition) is 5. The summed E-state index contributed by atoms with van der Waals surface area (Å²) in [5.74, 6) is 0. The summed E-state index contributed by atoms with van der Waals surface area (Å²) < 4.78 is 5.09. The van der Waals surface area contributed by atoms with Crippen LogP contribution in [0.4, 0.5) is 56.9 Å². The van der Waals surface area contributed by atoms with Gasteiger partial charge in [-0.05, 0) is 96.1 Å². The van der Waals surface area contributed by atoms with E-state index in [4.69, 9.17) is 0 Å². The molecular weight excluding hydrogens is 763 g/mol. The summed E-state index contributed by atoms with van der Waals surface area (Å²) in [7, 11) is 2.25. The number of benzene rings is 9. The molecule has 2 aromatic heterocycles. The number of rotatable bonds is 4. The molecule has 6 heteroatoms. The molecule has 13 rings (SSSR count). The lowest BCUT2D eigenvalue weighted by atomic mass is 9.97. The standard InChI is InChI=1S/C55H37N5S/c1-58-53-38(34-25-29-36(30-26-34)59-47-20-7-3-16-43(47)56-44-17-4-8-21-48(44)59)14-12-15-40(53)52-54(58)41(33-42-39-13-2-11-24-51(39)61-55(42)52)35-27-31-37(32-28-35)60-49-22-9-5-18-45(49)57-46-19-6-10-23-50(46)60/h2-33,56-57H,1H3. The van der Waals surface area contributed by atoms with Gasteiger partial charge in [-0.25, -0.2) is 0 Å². The van der Waals surface area contributed by atoms with Crippen LogP contribution in [-0.2, 0) is 7.05 Å². The topological polar surface area (TPSA) is 35.5 Å². The molecule has 0 saturated heterocycles. The van der Waals surface area contributed by atoms with Crippen LogP contribution in [0.5, 0.6) is 0 Å². The molecule has 0 fully saturated rings. The van der Waals surface area contributed by atoms with Gasteiger partial charge in [0.05, 0.1) is 56.5 Å². The van der Waals surface area contributed by atoms with Crippen LogP contribution < -0.4 is 20.4 Å². The van der Waals surface area contributed by atoms with Gasteiger partial charge in [0.1, 0.15) is 0 Å². The molecule has 4 heterocycles. The van der Waals surface area contributed by atoms with E-state index in [1.807, 2.05) is 11.3 Å². The molecule has 0 spiro atoms. The third-order valence-corrected chi connectivity index (χ3v) is 13.8. The highest BCUT2D eigenvalue weighted by Crippen LogP contribution is 2.51. The molecule has 9 aromatic carbocycles. The molecule has 288 valence electrons. The fourth-order valence-electron chi connectivity index (χ4n) is 9.90. The molecule has 2 aliphatic heterocycles. The number of hydrogen-bond donors (Lipinski definition) is 2. The van der Waals surface area contributed by atoms with E-state index in [-0.39, 0.29) is 0 Å². The molecule has 2 N–H and O–H groups in total. The monoisotopic (exact) mass is 799 g/mol. The first kappa shape index (κ1) is 34.1. The van der Waals surface area contributed by atoms with Crippen LogP contribution in [0.3, 0.4) is 0 Å². The second-order valence-corrected chi connectivity index (χ2v) is 17.0. The summed E-state index contributed by atoms with van der Waals surface area (Å²) in [6.45, 7) is 0. The fourth-order valence-corrected chi connectivity index (χ4v) is 11.1. The zero-order valence-corrected chi connectivity index (χ0v) is 34.0. The van der Waals surface area contributed by atoms with Gasteiger partial charge in [-0.2, -0.15) is 0 Å². The van der Waals surface area contributed by atoms with E-state index in [0.717, 1.165) is 56.9 Å². The van der Waals surface area contributed by atoms with Crippen molar-refractivity contribution < 1.29 is 0 Å². The number of aryl methyl sites for hydroxylation is 1. The van der Waals surface area contributed by atoms with Crippen molar-refractivity contribution in [2.24, 2.45) is 7.05 Å². The number of anilines is 10. The summed E-state index contributed by atoms with van der Waals surface area (Å²) >= 11 is 1.90. The molecule has 0 atom stereocenters. The van der Waals surface area contributed by atoms with Crippen LogP contribution in [0.2, 0.25) is 0 Å². The second-order valence-electron chi connectivity index (χ2n) is 16.0. The van der Waals surface area contributed by atoms with Gasteiger partial charge in [-0.3, -0.25) is 0 Å². The maximum Gasteiger partial charge on any atom is 0.0697 e. The third-order valence-electron chi connectivity index (χ3n) is 12.6. The molecule has 0 radical (unpaired) electrons. The van der Waals surface area contributed by atoms with Gasteiger partial charge in [0.25, 0.3) is 0 Å². The van der Waals surface area contributed by atoms with Crippen LogP contribution >= 0.6 is 11.3 Å². The van der Waals surface area contributed by atoms with Crippen molar-refractivity contribution in [2.75, 3.05) is 20.4 Å². The Morgan fingerprint density at radius 3 is 1.39 bits per heavy atom. The Kier molecular flexibility index (Phi) is 7.32. The Morgan fingerprint density at radius 1 is 0.393 bits per heavy atom. The quantitative estimate of drug-likeness (QED) is 0.186. The van der Waals surface area contributed by atoms with Gasteiger partial charge in [0, 0.05) is 60.5 Å². The minimum absolute atomic E-state index is 1.10. The van der Waals surface area contributed by atoms with Crippen LogP contribution in [0, 0.1) is 0 Å². The predicted molar refractivity (Wildman–Crippen MR) is 260 cm³/mol. The highest BCUT2D eigenvalue weighted by molar-refractivity contribution is 7.26. The van der Waals surface area contributed by atoms with Crippen molar-refractivity contribution in [3.05, 3.63) is 194 Å². The van der Waals surface area contributed by atoms with Crippen LogP contribution in [-0.4, -0.2) is 4.57 Å². The van der Waals surface area contributed by atoms with Gasteiger partial charge in [-0.15, -0.1) is 11.3 Å². The molecule has 2 aliphatic rings. The molecule has 0 amide bonds. The van der Waals surface area contributed by atoms with Gasteiger partial charge >= 0.3 is 0 Å². The van der Waals surface area contributed by atoms with Crippen molar-refractivity contribution in [1.82, 2.24) is 4.57 Å². The number of aromatic nitrogens is 1. The van der Waals surface area contributed by atoms with Crippen molar-refractivity contribution in [2.45, 2.75) is 0 Å². The largest absolute Gasteiger partial charge is 0.352 e. The number of thiophene rings is 1. The zero-order valence-electron chi connectivity index (χ0n) is 33.2. The minimum Gasteiger partial charge on any atom is -0.352 e. The molecule has 0 saturated carbocycles. The number of fused-ring (bicyclic) bond motifs is 11. The van der Waals surface area contributed by atoms with Crippen LogP contribution in [0.15, 0.2) is 194 Å². The highest BCUT2D eigenvalue weighted by atomic mass is 32.1. The maximum absolute atomic E-state index is 3.64. The summed E-state index contributed by atoms with van der Waals surface area (Å²) in [6, 6.07) is 70.6. The SMILES string of the molecule is Cn1c2c(-c3ccc(N4c5ccccc5Nc5ccccc54)cc3)cccc2c2c3sc4ccccc4c3cc(-c3ccc(N4c5ccccc5Nc5ccccc54)cc3)c21. The molecule has 61 heavy (non-hydrogen) atoms. The first-order chi connectivity index (χ1) is 30.2. The van der Waals surface area contributed by atoms with Gasteiger partial charge in [0.15, 0.2) is 0 Å². The van der Waals surface area contributed by atoms with Crippen LogP contribution in [0.1, 0.15) is 0 Å². The van der Waals surface area contributed by atoms with E-state index in [1.165, 1.54) is 64.2 Å². The second kappa shape index (κ2) is 13.1. The summed E-state index contributed by atoms with van der Waals surface area (Å²) in [6.07, 6.45) is 0. The Bertz CT molecular complexity index is 3470.